The normalized spacial score (nSPS) is 13.8. The quantitative estimate of drug-likeness (QED) is 0.156. The third-order valence-electron chi connectivity index (χ3n) is 9.85. The Morgan fingerprint density at radius 3 is 1.33 bits per heavy atom. The van der Waals surface area contributed by atoms with E-state index in [2.05, 4.69) is 68.3 Å². The third-order valence-corrected chi connectivity index (χ3v) is 9.85. The van der Waals surface area contributed by atoms with Crippen molar-refractivity contribution in [3.63, 3.8) is 0 Å². The molecule has 0 aliphatic carbocycles. The zero-order valence-corrected chi connectivity index (χ0v) is 30.5. The van der Waals surface area contributed by atoms with E-state index in [-0.39, 0.29) is 12.4 Å². The van der Waals surface area contributed by atoms with Gasteiger partial charge in [0.05, 0.1) is 27.4 Å². The maximum Gasteiger partial charge on any atom is 0.161 e. The fourth-order valence-corrected chi connectivity index (χ4v) is 7.54. The fraction of sp³-hybridized carbons (Fsp3) is 0.333. The van der Waals surface area contributed by atoms with Gasteiger partial charge in [0.25, 0.3) is 0 Å². The number of aromatic nitrogens is 2. The van der Waals surface area contributed by atoms with Crippen LogP contribution in [-0.4, -0.2) is 62.7 Å². The van der Waals surface area contributed by atoms with E-state index in [4.69, 9.17) is 18.9 Å². The van der Waals surface area contributed by atoms with Crippen LogP contribution >= 0.6 is 12.4 Å². The predicted octanol–water partition coefficient (Wildman–Crippen LogP) is 7.26. The maximum absolute atomic E-state index is 6.02. The van der Waals surface area contributed by atoms with Crippen LogP contribution in [0, 0.1) is 0 Å². The third kappa shape index (κ3) is 7.99. The molecule has 6 aromatic rings. The van der Waals surface area contributed by atoms with Crippen LogP contribution in [0.15, 0.2) is 97.1 Å². The van der Waals surface area contributed by atoms with Gasteiger partial charge in [0.2, 0.25) is 0 Å². The number of methoxy groups -OCH3 is 2. The Balaban J connectivity index is 0.000000172. The Morgan fingerprint density at radius 1 is 0.510 bits per heavy atom. The van der Waals surface area contributed by atoms with E-state index in [9.17, 15) is 0 Å². The summed E-state index contributed by atoms with van der Waals surface area (Å²) in [5, 5.41) is 9.73. The molecule has 2 aromatic heterocycles. The van der Waals surface area contributed by atoms with Crippen LogP contribution in [0.3, 0.4) is 0 Å². The molecular weight excluding hydrogens is 660 g/mol. The number of halogens is 1. The molecule has 2 aliphatic heterocycles. The Kier molecular flexibility index (Phi) is 12.4. The fourth-order valence-electron chi connectivity index (χ4n) is 7.54. The molecular formula is C42H49ClN4O4. The lowest BCUT2D eigenvalue weighted by Crippen LogP contribution is -2.17. The average Bonchev–Trinajstić information content (AvgIpc) is 3.35. The van der Waals surface area contributed by atoms with Crippen molar-refractivity contribution in [2.45, 2.75) is 38.8 Å². The number of nitrogens with one attached hydrogen (secondary N) is 2. The summed E-state index contributed by atoms with van der Waals surface area (Å²) >= 11 is 0. The van der Waals surface area contributed by atoms with Crippen LogP contribution in [0.2, 0.25) is 0 Å². The van der Waals surface area contributed by atoms with Crippen LogP contribution in [0.25, 0.3) is 21.8 Å². The lowest BCUT2D eigenvalue weighted by Gasteiger charge is -2.11. The van der Waals surface area contributed by atoms with E-state index in [1.165, 1.54) is 44.3 Å². The molecule has 2 N–H and O–H groups in total. The molecule has 8 rings (SSSR count). The number of rotatable bonds is 10. The molecule has 0 radical (unpaired) electrons. The number of para-hydroxylation sites is 6. The van der Waals surface area contributed by atoms with Gasteiger partial charge < -0.3 is 38.7 Å². The van der Waals surface area contributed by atoms with Crippen LogP contribution in [-0.2, 0) is 38.8 Å². The van der Waals surface area contributed by atoms with Crippen molar-refractivity contribution in [2.75, 3.05) is 53.6 Å². The van der Waals surface area contributed by atoms with E-state index in [1.54, 1.807) is 14.2 Å². The first-order valence-corrected chi connectivity index (χ1v) is 17.9. The first kappa shape index (κ1) is 36.2. The van der Waals surface area contributed by atoms with Crippen molar-refractivity contribution < 1.29 is 18.9 Å². The van der Waals surface area contributed by atoms with Crippen molar-refractivity contribution in [3.8, 4) is 23.0 Å². The van der Waals surface area contributed by atoms with Crippen molar-refractivity contribution >= 4 is 34.2 Å². The molecule has 9 heteroatoms. The summed E-state index contributed by atoms with van der Waals surface area (Å²) in [5.41, 5.74) is 8.44. The second-order valence-corrected chi connectivity index (χ2v) is 12.7. The Labute approximate surface area is 307 Å². The number of hydrogen-bond donors (Lipinski definition) is 2. The van der Waals surface area contributed by atoms with E-state index < -0.39 is 0 Å². The Hall–Kier alpha value is -4.63. The van der Waals surface area contributed by atoms with Crippen molar-refractivity contribution in [1.29, 1.82) is 0 Å². The van der Waals surface area contributed by atoms with E-state index >= 15 is 0 Å². The highest BCUT2D eigenvalue weighted by molar-refractivity contribution is 5.86. The Bertz CT molecular complexity index is 1890. The summed E-state index contributed by atoms with van der Waals surface area (Å²) in [6.45, 7) is 7.50. The van der Waals surface area contributed by atoms with Gasteiger partial charge in [-0.3, -0.25) is 0 Å². The number of ether oxygens (including phenoxy) is 4. The molecule has 268 valence electrons. The highest BCUT2D eigenvalue weighted by atomic mass is 35.5. The van der Waals surface area contributed by atoms with Crippen molar-refractivity contribution in [2.24, 2.45) is 0 Å². The number of hydrogen-bond acceptors (Lipinski definition) is 6. The summed E-state index contributed by atoms with van der Waals surface area (Å²) in [7, 11) is 3.35. The molecule has 51 heavy (non-hydrogen) atoms. The highest BCUT2D eigenvalue weighted by Crippen LogP contribution is 2.31. The Morgan fingerprint density at radius 2 is 0.902 bits per heavy atom. The molecule has 0 unspecified atom stereocenters. The second kappa shape index (κ2) is 17.5. The minimum Gasteiger partial charge on any atom is -0.493 e. The highest BCUT2D eigenvalue weighted by Gasteiger charge is 2.20. The molecule has 0 spiro atoms. The molecule has 0 saturated carbocycles. The number of fused-ring (bicyclic) bond motifs is 6. The van der Waals surface area contributed by atoms with E-state index in [0.29, 0.717) is 13.2 Å². The standard InChI is InChI=1S/2C21H24N2O2.ClH/c2*1-24-20-8-4-5-9-21(20)25-15-11-17-16-6-2-3-7-18(16)23-14-13-22-12-10-19(17)23;/h2*2-9,22H,10-15H2,1H3;1H. The summed E-state index contributed by atoms with van der Waals surface area (Å²) in [6, 6.07) is 33.1. The van der Waals surface area contributed by atoms with Crippen molar-refractivity contribution in [1.82, 2.24) is 19.8 Å². The van der Waals surface area contributed by atoms with Gasteiger partial charge in [-0.15, -0.1) is 12.4 Å². The first-order valence-electron chi connectivity index (χ1n) is 17.9. The minimum atomic E-state index is 0. The molecule has 0 amide bonds. The van der Waals surface area contributed by atoms with Gasteiger partial charge in [-0.1, -0.05) is 60.7 Å². The monoisotopic (exact) mass is 708 g/mol. The molecule has 0 saturated heterocycles. The lowest BCUT2D eigenvalue weighted by atomic mass is 10.1. The SMILES string of the molecule is COc1ccccc1OCCc1c2n(c3ccccc13)CCNCC2.COc1ccccc1OCCc1c2n(c3ccccc13)CCNCC2.Cl. The van der Waals surface area contributed by atoms with Gasteiger partial charge in [0, 0.05) is 98.1 Å². The van der Waals surface area contributed by atoms with E-state index in [0.717, 1.165) is 87.9 Å². The molecule has 8 nitrogen and oxygen atoms in total. The molecule has 0 atom stereocenters. The molecule has 2 aliphatic rings. The topological polar surface area (TPSA) is 70.8 Å². The molecule has 0 bridgehead atoms. The first-order chi connectivity index (χ1) is 24.8. The summed E-state index contributed by atoms with van der Waals surface area (Å²) in [5.74, 6) is 3.18. The van der Waals surface area contributed by atoms with Gasteiger partial charge in [-0.2, -0.15) is 0 Å². The molecule has 0 fully saturated rings. The smallest absolute Gasteiger partial charge is 0.161 e. The zero-order chi connectivity index (χ0) is 34.1. The van der Waals surface area contributed by atoms with Crippen LogP contribution < -0.4 is 29.6 Å². The van der Waals surface area contributed by atoms with Gasteiger partial charge in [0.1, 0.15) is 0 Å². The minimum absolute atomic E-state index is 0. The lowest BCUT2D eigenvalue weighted by molar-refractivity contribution is 0.297. The van der Waals surface area contributed by atoms with Gasteiger partial charge in [-0.25, -0.2) is 0 Å². The largest absolute Gasteiger partial charge is 0.493 e. The van der Waals surface area contributed by atoms with Crippen LogP contribution in [0.5, 0.6) is 23.0 Å². The number of benzene rings is 4. The maximum atomic E-state index is 6.02. The summed E-state index contributed by atoms with van der Waals surface area (Å²) in [4.78, 5) is 0. The molecule has 4 heterocycles. The average molecular weight is 709 g/mol. The predicted molar refractivity (Wildman–Crippen MR) is 209 cm³/mol. The molecule has 4 aromatic carbocycles. The van der Waals surface area contributed by atoms with Crippen LogP contribution in [0.1, 0.15) is 22.5 Å². The summed E-state index contributed by atoms with van der Waals surface area (Å²) < 4.78 is 27.8. The van der Waals surface area contributed by atoms with Gasteiger partial charge >= 0.3 is 0 Å². The number of nitrogens with zero attached hydrogens (tertiary/aromatic N) is 2. The second-order valence-electron chi connectivity index (χ2n) is 12.7. The zero-order valence-electron chi connectivity index (χ0n) is 29.7. The van der Waals surface area contributed by atoms with Crippen molar-refractivity contribution in [3.05, 3.63) is 120 Å². The van der Waals surface area contributed by atoms with Gasteiger partial charge in [0.15, 0.2) is 23.0 Å². The summed E-state index contributed by atoms with van der Waals surface area (Å²) in [6.07, 6.45) is 3.94. The van der Waals surface area contributed by atoms with E-state index in [1.807, 2.05) is 48.5 Å². The van der Waals surface area contributed by atoms with Gasteiger partial charge in [-0.05, 0) is 47.5 Å². The van der Waals surface area contributed by atoms with Crippen LogP contribution in [0.4, 0.5) is 0 Å².